The highest BCUT2D eigenvalue weighted by Gasteiger charge is 2.09. The van der Waals surface area contributed by atoms with Gasteiger partial charge in [-0.2, -0.15) is 0 Å². The number of hydrogen-bond acceptors (Lipinski definition) is 4. The van der Waals surface area contributed by atoms with Crippen LogP contribution in [0.4, 0.5) is 11.5 Å². The number of anilines is 2. The normalized spacial score (nSPS) is 11.1. The van der Waals surface area contributed by atoms with Crippen LogP contribution >= 0.6 is 0 Å². The van der Waals surface area contributed by atoms with E-state index in [4.69, 9.17) is 10.8 Å². The van der Waals surface area contributed by atoms with Gasteiger partial charge >= 0.3 is 0 Å². The van der Waals surface area contributed by atoms with E-state index < -0.39 is 0 Å². The van der Waals surface area contributed by atoms with Gasteiger partial charge in [0.25, 0.3) is 0 Å². The van der Waals surface area contributed by atoms with Crippen molar-refractivity contribution >= 4 is 17.0 Å². The van der Waals surface area contributed by atoms with E-state index in [1.807, 2.05) is 47.7 Å². The maximum atomic E-state index is 8.89. The maximum absolute atomic E-state index is 8.89. The molecule has 4 N–H and O–H groups in total. The monoisotopic (exact) mass is 287 g/mol. The van der Waals surface area contributed by atoms with Crippen LogP contribution in [0.3, 0.4) is 0 Å². The van der Waals surface area contributed by atoms with E-state index in [2.05, 4.69) is 15.0 Å². The van der Waals surface area contributed by atoms with Crippen molar-refractivity contribution in [3.8, 4) is 0 Å². The van der Waals surface area contributed by atoms with Gasteiger partial charge in [-0.15, -0.1) is 5.10 Å². The van der Waals surface area contributed by atoms with Gasteiger partial charge in [0.2, 0.25) is 6.33 Å². The number of pyridine rings is 1. The summed E-state index contributed by atoms with van der Waals surface area (Å²) in [5.74, 6) is 0.705. The molecule has 0 bridgehead atoms. The smallest absolute Gasteiger partial charge is 0.243 e. The minimum atomic E-state index is 0.144. The van der Waals surface area contributed by atoms with Crippen LogP contribution in [0.25, 0.3) is 5.52 Å². The topological polar surface area (TPSA) is 84.4 Å². The van der Waals surface area contributed by atoms with E-state index in [-0.39, 0.29) is 6.61 Å². The van der Waals surface area contributed by atoms with Crippen molar-refractivity contribution < 1.29 is 9.67 Å². The number of aliphatic hydroxyl groups is 1. The number of hydrogen-bond donors (Lipinski definition) is 3. The Bertz CT molecular complexity index is 732. The SMILES string of the molecule is Nc1c(NCCn2cc[n+](CCO)c2)nn2ccccc12. The first-order valence-electron chi connectivity index (χ1n) is 6.90. The largest absolute Gasteiger partial charge is 0.394 e. The molecular weight excluding hydrogens is 268 g/mol. The molecule has 0 aliphatic heterocycles. The molecule has 0 saturated heterocycles. The average Bonchev–Trinajstić information content (AvgIpc) is 3.06. The Labute approximate surface area is 122 Å². The molecule has 3 aromatic rings. The van der Waals surface area contributed by atoms with Crippen molar-refractivity contribution in [1.29, 1.82) is 0 Å². The Hall–Kier alpha value is -2.54. The molecule has 0 unspecified atom stereocenters. The lowest BCUT2D eigenvalue weighted by Crippen LogP contribution is -2.33. The van der Waals surface area contributed by atoms with Crippen LogP contribution in [0, 0.1) is 0 Å². The maximum Gasteiger partial charge on any atom is 0.243 e. The van der Waals surface area contributed by atoms with Gasteiger partial charge in [-0.25, -0.2) is 13.6 Å². The summed E-state index contributed by atoms with van der Waals surface area (Å²) < 4.78 is 5.76. The molecule has 3 aromatic heterocycles. The number of nitrogen functional groups attached to an aromatic ring is 1. The molecule has 0 aromatic carbocycles. The third-order valence-corrected chi connectivity index (χ3v) is 3.34. The van der Waals surface area contributed by atoms with Crippen LogP contribution in [-0.2, 0) is 13.1 Å². The van der Waals surface area contributed by atoms with Gasteiger partial charge in [0.15, 0.2) is 5.82 Å². The predicted octanol–water partition coefficient (Wildman–Crippen LogP) is 0.110. The third kappa shape index (κ3) is 2.82. The second-order valence-electron chi connectivity index (χ2n) is 4.83. The Morgan fingerprint density at radius 2 is 2.24 bits per heavy atom. The summed E-state index contributed by atoms with van der Waals surface area (Å²) in [4.78, 5) is 0. The molecular formula is C14H19N6O+. The number of imidazole rings is 1. The molecule has 0 amide bonds. The predicted molar refractivity (Wildman–Crippen MR) is 79.8 cm³/mol. The summed E-state index contributed by atoms with van der Waals surface area (Å²) in [6.45, 7) is 2.28. The second-order valence-corrected chi connectivity index (χ2v) is 4.83. The molecule has 3 rings (SSSR count). The molecule has 110 valence electrons. The fourth-order valence-electron chi connectivity index (χ4n) is 2.27. The zero-order valence-corrected chi connectivity index (χ0v) is 11.7. The van der Waals surface area contributed by atoms with Crippen molar-refractivity contribution in [3.05, 3.63) is 43.1 Å². The van der Waals surface area contributed by atoms with Crippen molar-refractivity contribution in [1.82, 2.24) is 14.2 Å². The van der Waals surface area contributed by atoms with Gasteiger partial charge in [0.1, 0.15) is 31.2 Å². The lowest BCUT2D eigenvalue weighted by atomic mass is 10.3. The van der Waals surface area contributed by atoms with Crippen LogP contribution in [-0.4, -0.2) is 32.4 Å². The molecule has 0 aliphatic rings. The van der Waals surface area contributed by atoms with E-state index >= 15 is 0 Å². The number of nitrogens with two attached hydrogens (primary N) is 1. The highest BCUT2D eigenvalue weighted by Crippen LogP contribution is 2.22. The van der Waals surface area contributed by atoms with Gasteiger partial charge in [0, 0.05) is 6.20 Å². The zero-order chi connectivity index (χ0) is 14.7. The van der Waals surface area contributed by atoms with Gasteiger partial charge in [-0.1, -0.05) is 6.07 Å². The van der Waals surface area contributed by atoms with Crippen LogP contribution in [0.2, 0.25) is 0 Å². The first-order valence-corrected chi connectivity index (χ1v) is 6.90. The van der Waals surface area contributed by atoms with E-state index in [0.717, 1.165) is 18.6 Å². The van der Waals surface area contributed by atoms with E-state index in [0.29, 0.717) is 18.1 Å². The number of aromatic nitrogens is 4. The third-order valence-electron chi connectivity index (χ3n) is 3.34. The number of fused-ring (bicyclic) bond motifs is 1. The fourth-order valence-corrected chi connectivity index (χ4v) is 2.27. The highest BCUT2D eigenvalue weighted by atomic mass is 16.3. The number of nitrogens with one attached hydrogen (secondary N) is 1. The molecule has 0 fully saturated rings. The molecule has 0 saturated carbocycles. The quantitative estimate of drug-likeness (QED) is 0.562. The van der Waals surface area contributed by atoms with Gasteiger partial charge in [0.05, 0.1) is 18.7 Å². The van der Waals surface area contributed by atoms with Crippen LogP contribution in [0.5, 0.6) is 0 Å². The molecule has 3 heterocycles. The van der Waals surface area contributed by atoms with Crippen molar-refractivity contribution in [2.75, 3.05) is 24.2 Å². The molecule has 0 aliphatic carbocycles. The summed E-state index contributed by atoms with van der Waals surface area (Å²) in [7, 11) is 0. The molecule has 0 atom stereocenters. The molecule has 7 nitrogen and oxygen atoms in total. The standard InChI is InChI=1S/C14H19N6O/c15-13-12-3-1-2-5-20(12)17-14(13)16-4-6-18-7-8-19(11-18)9-10-21/h1-3,5,7-8,11,21H,4,6,9-10,15H2,(H,16,17)/q+1. The van der Waals surface area contributed by atoms with Gasteiger partial charge in [-0.05, 0) is 12.1 Å². The first kappa shape index (κ1) is 13.4. The molecule has 0 radical (unpaired) electrons. The number of aliphatic hydroxyl groups excluding tert-OH is 1. The van der Waals surface area contributed by atoms with Crippen molar-refractivity contribution in [2.24, 2.45) is 0 Å². The number of rotatable bonds is 6. The van der Waals surface area contributed by atoms with E-state index in [9.17, 15) is 0 Å². The summed E-state index contributed by atoms with van der Waals surface area (Å²) in [5, 5.41) is 16.6. The molecule has 0 spiro atoms. The Morgan fingerprint density at radius 3 is 3.05 bits per heavy atom. The van der Waals surface area contributed by atoms with Crippen molar-refractivity contribution in [2.45, 2.75) is 13.1 Å². The first-order chi connectivity index (χ1) is 10.3. The summed E-state index contributed by atoms with van der Waals surface area (Å²) in [6.07, 6.45) is 7.76. The summed E-state index contributed by atoms with van der Waals surface area (Å²) in [6, 6.07) is 5.80. The average molecular weight is 287 g/mol. The van der Waals surface area contributed by atoms with Crippen LogP contribution in [0.1, 0.15) is 0 Å². The molecule has 21 heavy (non-hydrogen) atoms. The summed E-state index contributed by atoms with van der Waals surface area (Å²) >= 11 is 0. The number of nitrogens with zero attached hydrogens (tertiary/aromatic N) is 4. The highest BCUT2D eigenvalue weighted by molar-refractivity contribution is 5.80. The van der Waals surface area contributed by atoms with Crippen molar-refractivity contribution in [3.63, 3.8) is 0 Å². The fraction of sp³-hybridized carbons (Fsp3) is 0.286. The summed E-state index contributed by atoms with van der Waals surface area (Å²) in [5.41, 5.74) is 7.65. The minimum absolute atomic E-state index is 0.144. The Kier molecular flexibility index (Phi) is 3.74. The molecule has 7 heteroatoms. The minimum Gasteiger partial charge on any atom is -0.394 e. The van der Waals surface area contributed by atoms with E-state index in [1.54, 1.807) is 4.52 Å². The lowest BCUT2D eigenvalue weighted by molar-refractivity contribution is -0.697. The van der Waals surface area contributed by atoms with E-state index in [1.165, 1.54) is 0 Å². The Morgan fingerprint density at radius 1 is 1.33 bits per heavy atom. The zero-order valence-electron chi connectivity index (χ0n) is 11.7. The van der Waals surface area contributed by atoms with Gasteiger partial charge in [-0.3, -0.25) is 0 Å². The lowest BCUT2D eigenvalue weighted by Gasteiger charge is -2.01. The van der Waals surface area contributed by atoms with Gasteiger partial charge < -0.3 is 16.2 Å². The second kappa shape index (κ2) is 5.84. The Balaban J connectivity index is 1.62. The van der Waals surface area contributed by atoms with Crippen LogP contribution in [0.15, 0.2) is 43.1 Å². The van der Waals surface area contributed by atoms with Crippen LogP contribution < -0.4 is 15.6 Å².